The molecule has 3 heteroatoms. The van der Waals surface area contributed by atoms with Crippen LogP contribution in [-0.4, -0.2) is 13.1 Å². The molecular formula is C21H24O2S. The third kappa shape index (κ3) is 3.23. The van der Waals surface area contributed by atoms with Crippen LogP contribution in [0.4, 0.5) is 0 Å². The first kappa shape index (κ1) is 17.1. The number of thioether (sulfide) groups is 1. The fourth-order valence-electron chi connectivity index (χ4n) is 3.61. The van der Waals surface area contributed by atoms with Gasteiger partial charge in [-0.15, -0.1) is 11.8 Å². The van der Waals surface area contributed by atoms with E-state index in [2.05, 4.69) is 63.2 Å². The Balaban J connectivity index is 1.73. The standard InChI is InChI=1S/C21H24O2S/c1-14-12-16(24-13-15-8-6-5-7-9-15)10-11-17(14)18-19(20(22)23-4)21(18,2)3/h5-12,18-19H,13H2,1-4H3. The van der Waals surface area contributed by atoms with Gasteiger partial charge in [0.1, 0.15) is 0 Å². The summed E-state index contributed by atoms with van der Waals surface area (Å²) >= 11 is 1.85. The Hall–Kier alpha value is -1.74. The second-order valence-electron chi connectivity index (χ2n) is 7.09. The molecule has 0 bridgehead atoms. The maximum atomic E-state index is 12.0. The van der Waals surface area contributed by atoms with E-state index < -0.39 is 0 Å². The van der Waals surface area contributed by atoms with Gasteiger partial charge in [0.05, 0.1) is 13.0 Å². The molecule has 1 aliphatic rings. The van der Waals surface area contributed by atoms with Crippen molar-refractivity contribution < 1.29 is 9.53 Å². The lowest BCUT2D eigenvalue weighted by Crippen LogP contribution is -2.07. The Morgan fingerprint density at radius 1 is 1.17 bits per heavy atom. The van der Waals surface area contributed by atoms with E-state index in [1.165, 1.54) is 28.7 Å². The minimum atomic E-state index is -0.0908. The molecule has 1 saturated carbocycles. The summed E-state index contributed by atoms with van der Waals surface area (Å²) in [6, 6.07) is 17.1. The van der Waals surface area contributed by atoms with E-state index in [0.29, 0.717) is 0 Å². The van der Waals surface area contributed by atoms with Crippen molar-refractivity contribution in [2.75, 3.05) is 7.11 Å². The highest BCUT2D eigenvalue weighted by molar-refractivity contribution is 7.98. The fourth-order valence-corrected chi connectivity index (χ4v) is 4.56. The summed E-state index contributed by atoms with van der Waals surface area (Å²) < 4.78 is 4.97. The van der Waals surface area contributed by atoms with Gasteiger partial charge in [-0.2, -0.15) is 0 Å². The van der Waals surface area contributed by atoms with Crippen molar-refractivity contribution in [3.05, 3.63) is 65.2 Å². The van der Waals surface area contributed by atoms with Gasteiger partial charge in [-0.25, -0.2) is 0 Å². The lowest BCUT2D eigenvalue weighted by molar-refractivity contribution is -0.143. The molecular weight excluding hydrogens is 316 g/mol. The summed E-state index contributed by atoms with van der Waals surface area (Å²) in [5.41, 5.74) is 3.85. The highest BCUT2D eigenvalue weighted by Crippen LogP contribution is 2.65. The number of esters is 1. The summed E-state index contributed by atoms with van der Waals surface area (Å²) in [5.74, 6) is 1.12. The highest BCUT2D eigenvalue weighted by atomic mass is 32.2. The van der Waals surface area contributed by atoms with Crippen LogP contribution in [0, 0.1) is 18.3 Å². The number of carbonyl (C=O) groups excluding carboxylic acids is 1. The molecule has 0 aromatic heterocycles. The fraction of sp³-hybridized carbons (Fsp3) is 0.381. The molecule has 1 fully saturated rings. The van der Waals surface area contributed by atoms with Crippen molar-refractivity contribution in [2.45, 2.75) is 37.3 Å². The number of ether oxygens (including phenoxy) is 1. The molecule has 0 amide bonds. The normalized spacial score (nSPS) is 21.3. The van der Waals surface area contributed by atoms with Gasteiger partial charge in [0.15, 0.2) is 0 Å². The van der Waals surface area contributed by atoms with Crippen molar-refractivity contribution in [3.63, 3.8) is 0 Å². The second kappa shape index (κ2) is 6.64. The zero-order valence-corrected chi connectivity index (χ0v) is 15.5. The van der Waals surface area contributed by atoms with Crippen LogP contribution in [0.15, 0.2) is 53.4 Å². The summed E-state index contributed by atoms with van der Waals surface area (Å²) in [5, 5.41) is 0. The number of carbonyl (C=O) groups is 1. The van der Waals surface area contributed by atoms with Crippen molar-refractivity contribution in [3.8, 4) is 0 Å². The molecule has 2 aromatic rings. The number of benzene rings is 2. The quantitative estimate of drug-likeness (QED) is 0.553. The molecule has 1 aliphatic carbocycles. The topological polar surface area (TPSA) is 26.3 Å². The monoisotopic (exact) mass is 340 g/mol. The van der Waals surface area contributed by atoms with Gasteiger partial charge in [-0.05, 0) is 41.2 Å². The molecule has 0 heterocycles. The molecule has 0 radical (unpaired) electrons. The molecule has 2 nitrogen and oxygen atoms in total. The smallest absolute Gasteiger partial charge is 0.309 e. The first-order valence-corrected chi connectivity index (χ1v) is 9.29. The van der Waals surface area contributed by atoms with E-state index in [1.807, 2.05) is 17.8 Å². The lowest BCUT2D eigenvalue weighted by Gasteiger charge is -2.10. The van der Waals surface area contributed by atoms with Gasteiger partial charge in [0.25, 0.3) is 0 Å². The van der Waals surface area contributed by atoms with Gasteiger partial charge < -0.3 is 4.74 Å². The van der Waals surface area contributed by atoms with Crippen molar-refractivity contribution in [2.24, 2.45) is 11.3 Å². The van der Waals surface area contributed by atoms with Crippen LogP contribution in [0.25, 0.3) is 0 Å². The number of methoxy groups -OCH3 is 1. The van der Waals surface area contributed by atoms with Gasteiger partial charge in [-0.1, -0.05) is 50.2 Å². The number of hydrogen-bond acceptors (Lipinski definition) is 3. The van der Waals surface area contributed by atoms with Gasteiger partial charge in [0.2, 0.25) is 0 Å². The Kier molecular flexibility index (Phi) is 4.73. The highest BCUT2D eigenvalue weighted by Gasteiger charge is 2.63. The molecule has 2 aromatic carbocycles. The maximum Gasteiger partial charge on any atom is 0.309 e. The van der Waals surface area contributed by atoms with Crippen LogP contribution in [-0.2, 0) is 15.3 Å². The summed E-state index contributed by atoms with van der Waals surface area (Å²) in [6.07, 6.45) is 0. The van der Waals surface area contributed by atoms with Crippen LogP contribution in [0.3, 0.4) is 0 Å². The van der Waals surface area contributed by atoms with E-state index in [4.69, 9.17) is 4.74 Å². The maximum absolute atomic E-state index is 12.0. The van der Waals surface area contributed by atoms with E-state index >= 15 is 0 Å². The van der Waals surface area contributed by atoms with E-state index in [9.17, 15) is 4.79 Å². The largest absolute Gasteiger partial charge is 0.469 e. The third-order valence-corrected chi connectivity index (χ3v) is 6.17. The molecule has 2 atom stereocenters. The number of aryl methyl sites for hydroxylation is 1. The minimum absolute atomic E-state index is 0.0173. The molecule has 126 valence electrons. The average Bonchev–Trinajstić information content (AvgIpc) is 3.15. The van der Waals surface area contributed by atoms with Crippen LogP contribution < -0.4 is 0 Å². The predicted molar refractivity (Wildman–Crippen MR) is 99.2 cm³/mol. The van der Waals surface area contributed by atoms with E-state index in [-0.39, 0.29) is 23.2 Å². The first-order chi connectivity index (χ1) is 11.4. The average molecular weight is 340 g/mol. The second-order valence-corrected chi connectivity index (χ2v) is 8.14. The van der Waals surface area contributed by atoms with Crippen molar-refractivity contribution in [1.29, 1.82) is 0 Å². The first-order valence-electron chi connectivity index (χ1n) is 8.30. The minimum Gasteiger partial charge on any atom is -0.469 e. The van der Waals surface area contributed by atoms with E-state index in [1.54, 1.807) is 0 Å². The van der Waals surface area contributed by atoms with Gasteiger partial charge >= 0.3 is 5.97 Å². The molecule has 0 N–H and O–H groups in total. The van der Waals surface area contributed by atoms with E-state index in [0.717, 1.165) is 5.75 Å². The Labute approximate surface area is 148 Å². The number of rotatable bonds is 5. The molecule has 24 heavy (non-hydrogen) atoms. The summed E-state index contributed by atoms with van der Waals surface area (Å²) in [6.45, 7) is 6.44. The van der Waals surface area contributed by atoms with Gasteiger partial charge in [-0.3, -0.25) is 4.79 Å². The van der Waals surface area contributed by atoms with Crippen LogP contribution in [0.2, 0.25) is 0 Å². The predicted octanol–water partition coefficient (Wildman–Crippen LogP) is 5.20. The van der Waals surface area contributed by atoms with Crippen LogP contribution >= 0.6 is 11.8 Å². The SMILES string of the molecule is COC(=O)C1C(c2ccc(SCc3ccccc3)cc2C)C1(C)C. The Morgan fingerprint density at radius 2 is 1.88 bits per heavy atom. The van der Waals surface area contributed by atoms with Crippen molar-refractivity contribution in [1.82, 2.24) is 0 Å². The Morgan fingerprint density at radius 3 is 2.50 bits per heavy atom. The zero-order valence-electron chi connectivity index (χ0n) is 14.7. The van der Waals surface area contributed by atoms with Crippen LogP contribution in [0.5, 0.6) is 0 Å². The van der Waals surface area contributed by atoms with Gasteiger partial charge in [0, 0.05) is 16.6 Å². The van der Waals surface area contributed by atoms with Crippen molar-refractivity contribution >= 4 is 17.7 Å². The third-order valence-electron chi connectivity index (χ3n) is 5.11. The van der Waals surface area contributed by atoms with Crippen LogP contribution in [0.1, 0.15) is 36.5 Å². The molecule has 0 spiro atoms. The Bertz CT molecular complexity index is 737. The molecule has 0 saturated heterocycles. The summed E-state index contributed by atoms with van der Waals surface area (Å²) in [7, 11) is 1.48. The molecule has 2 unspecified atom stereocenters. The molecule has 0 aliphatic heterocycles. The lowest BCUT2D eigenvalue weighted by atomic mass is 9.99. The summed E-state index contributed by atoms with van der Waals surface area (Å²) in [4.78, 5) is 13.3. The molecule has 3 rings (SSSR count). The number of hydrogen-bond donors (Lipinski definition) is 0. The zero-order chi connectivity index (χ0) is 17.3.